The van der Waals surface area contributed by atoms with Crippen LogP contribution in [-0.2, 0) is 10.0 Å². The number of nitrogens with zero attached hydrogens (tertiary/aromatic N) is 1. The first-order valence-corrected chi connectivity index (χ1v) is 7.99. The summed E-state index contributed by atoms with van der Waals surface area (Å²) in [6.07, 6.45) is 8.12. The van der Waals surface area contributed by atoms with Crippen LogP contribution in [-0.4, -0.2) is 19.3 Å². The molecule has 0 amide bonds. The first-order valence-electron chi connectivity index (χ1n) is 6.55. The van der Waals surface area contributed by atoms with Gasteiger partial charge in [0.2, 0.25) is 0 Å². The minimum absolute atomic E-state index is 0.272. The molecule has 3 rings (SSSR count). The highest BCUT2D eigenvalue weighted by Gasteiger charge is 2.33. The third-order valence-electron chi connectivity index (χ3n) is 3.75. The molecule has 0 radical (unpaired) electrons. The molecule has 1 aliphatic carbocycles. The Morgan fingerprint density at radius 2 is 1.95 bits per heavy atom. The third-order valence-corrected chi connectivity index (χ3v) is 5.56. The summed E-state index contributed by atoms with van der Waals surface area (Å²) in [5.41, 5.74) is 2.01. The van der Waals surface area contributed by atoms with Crippen LogP contribution in [0.4, 0.5) is 0 Å². The Morgan fingerprint density at radius 1 is 1.21 bits per heavy atom. The Labute approximate surface area is 114 Å². The first-order chi connectivity index (χ1) is 9.09. The van der Waals surface area contributed by atoms with E-state index in [1.165, 1.54) is 0 Å². The smallest absolute Gasteiger partial charge is 0.264 e. The molecule has 1 unspecified atom stereocenters. The molecule has 0 bridgehead atoms. The summed E-state index contributed by atoms with van der Waals surface area (Å²) in [6.45, 7) is 2.40. The van der Waals surface area contributed by atoms with Crippen LogP contribution in [0.5, 0.6) is 0 Å². The average Bonchev–Trinajstić information content (AvgIpc) is 2.87. The summed E-state index contributed by atoms with van der Waals surface area (Å²) in [7, 11) is -3.42. The van der Waals surface area contributed by atoms with E-state index in [0.29, 0.717) is 11.4 Å². The second kappa shape index (κ2) is 4.53. The number of fused-ring (bicyclic) bond motifs is 1. The molecular formula is C15H17NO2S. The van der Waals surface area contributed by atoms with Crippen molar-refractivity contribution in [2.75, 3.05) is 6.54 Å². The quantitative estimate of drug-likeness (QED) is 0.778. The molecule has 1 atom stereocenters. The van der Waals surface area contributed by atoms with E-state index in [0.717, 1.165) is 24.1 Å². The van der Waals surface area contributed by atoms with Crippen LogP contribution < -0.4 is 0 Å². The summed E-state index contributed by atoms with van der Waals surface area (Å²) >= 11 is 0. The van der Waals surface area contributed by atoms with Crippen LogP contribution in [0, 0.1) is 12.8 Å². The van der Waals surface area contributed by atoms with Crippen LogP contribution in [0.2, 0.25) is 0 Å². The molecule has 1 heterocycles. The second-order valence-corrected chi connectivity index (χ2v) is 6.95. The van der Waals surface area contributed by atoms with E-state index in [1.54, 1.807) is 16.4 Å². The number of hydrogen-bond acceptors (Lipinski definition) is 2. The minimum Gasteiger partial charge on any atom is -0.266 e. The van der Waals surface area contributed by atoms with E-state index < -0.39 is 10.0 Å². The van der Waals surface area contributed by atoms with Crippen LogP contribution >= 0.6 is 0 Å². The number of benzene rings is 1. The van der Waals surface area contributed by atoms with Gasteiger partial charge >= 0.3 is 0 Å². The van der Waals surface area contributed by atoms with E-state index in [-0.39, 0.29) is 5.92 Å². The lowest BCUT2D eigenvalue weighted by Gasteiger charge is -2.30. The lowest BCUT2D eigenvalue weighted by Crippen LogP contribution is -2.34. The normalized spacial score (nSPS) is 22.3. The summed E-state index contributed by atoms with van der Waals surface area (Å²) in [5, 5.41) is 0. The van der Waals surface area contributed by atoms with Crippen molar-refractivity contribution in [2.24, 2.45) is 5.92 Å². The first kappa shape index (κ1) is 12.5. The Bertz CT molecular complexity index is 641. The van der Waals surface area contributed by atoms with Gasteiger partial charge in [0.05, 0.1) is 11.4 Å². The zero-order chi connectivity index (χ0) is 13.5. The highest BCUT2D eigenvalue weighted by Crippen LogP contribution is 2.35. The lowest BCUT2D eigenvalue weighted by atomic mass is 10.0. The van der Waals surface area contributed by atoms with Crippen molar-refractivity contribution in [2.45, 2.75) is 24.7 Å². The monoisotopic (exact) mass is 275 g/mol. The fourth-order valence-corrected chi connectivity index (χ4v) is 4.20. The molecule has 0 saturated heterocycles. The molecule has 0 aromatic heterocycles. The Hall–Kier alpha value is -1.55. The molecule has 0 fully saturated rings. The highest BCUT2D eigenvalue weighted by atomic mass is 32.2. The predicted octanol–water partition coefficient (Wildman–Crippen LogP) is 2.85. The molecule has 19 heavy (non-hydrogen) atoms. The molecule has 0 saturated carbocycles. The molecule has 4 heteroatoms. The van der Waals surface area contributed by atoms with Gasteiger partial charge in [0.1, 0.15) is 0 Å². The maximum Gasteiger partial charge on any atom is 0.264 e. The largest absolute Gasteiger partial charge is 0.266 e. The molecule has 1 aromatic carbocycles. The van der Waals surface area contributed by atoms with Crippen molar-refractivity contribution in [3.05, 3.63) is 53.8 Å². The van der Waals surface area contributed by atoms with Crippen molar-refractivity contribution < 1.29 is 8.42 Å². The molecule has 0 spiro atoms. The van der Waals surface area contributed by atoms with Crippen LogP contribution in [0.15, 0.2) is 53.1 Å². The third kappa shape index (κ3) is 2.10. The van der Waals surface area contributed by atoms with Crippen LogP contribution in [0.25, 0.3) is 0 Å². The molecule has 2 aliphatic rings. The SMILES string of the molecule is Cc1ccc(S(=O)(=O)N2CC=CC3CCC=C32)cc1. The zero-order valence-electron chi connectivity index (χ0n) is 10.9. The topological polar surface area (TPSA) is 37.4 Å². The maximum atomic E-state index is 12.7. The molecule has 3 nitrogen and oxygen atoms in total. The van der Waals surface area contributed by atoms with Gasteiger partial charge in [0, 0.05) is 11.6 Å². The Morgan fingerprint density at radius 3 is 2.68 bits per heavy atom. The summed E-state index contributed by atoms with van der Waals surface area (Å²) in [4.78, 5) is 0.375. The van der Waals surface area contributed by atoms with Gasteiger partial charge in [0.15, 0.2) is 0 Å². The lowest BCUT2D eigenvalue weighted by molar-refractivity contribution is 0.461. The van der Waals surface area contributed by atoms with E-state index in [4.69, 9.17) is 0 Å². The van der Waals surface area contributed by atoms with Gasteiger partial charge in [0.25, 0.3) is 10.0 Å². The highest BCUT2D eigenvalue weighted by molar-refractivity contribution is 7.89. The predicted molar refractivity (Wildman–Crippen MR) is 75.0 cm³/mol. The minimum atomic E-state index is -3.42. The maximum absolute atomic E-state index is 12.7. The van der Waals surface area contributed by atoms with Gasteiger partial charge in [-0.1, -0.05) is 35.9 Å². The van der Waals surface area contributed by atoms with E-state index >= 15 is 0 Å². The standard InChI is InChI=1S/C15H17NO2S/c1-12-7-9-14(10-8-12)19(17,18)16-11-3-5-13-4-2-6-15(13)16/h3,5-10,13H,2,4,11H2,1H3. The molecule has 100 valence electrons. The van der Waals surface area contributed by atoms with Crippen molar-refractivity contribution >= 4 is 10.0 Å². The molecule has 0 N–H and O–H groups in total. The van der Waals surface area contributed by atoms with Crippen molar-refractivity contribution in [3.8, 4) is 0 Å². The van der Waals surface area contributed by atoms with Crippen LogP contribution in [0.1, 0.15) is 18.4 Å². The van der Waals surface area contributed by atoms with Crippen molar-refractivity contribution in [1.82, 2.24) is 4.31 Å². The summed E-state index contributed by atoms with van der Waals surface area (Å²) in [5.74, 6) is 0.272. The van der Waals surface area contributed by atoms with Gasteiger partial charge < -0.3 is 0 Å². The number of aryl methyl sites for hydroxylation is 1. The van der Waals surface area contributed by atoms with E-state index in [9.17, 15) is 8.42 Å². The van der Waals surface area contributed by atoms with Gasteiger partial charge in [-0.2, -0.15) is 0 Å². The van der Waals surface area contributed by atoms with Crippen molar-refractivity contribution in [1.29, 1.82) is 0 Å². The number of allylic oxidation sites excluding steroid dienone is 2. The van der Waals surface area contributed by atoms with Gasteiger partial charge in [-0.3, -0.25) is 4.31 Å². The average molecular weight is 275 g/mol. The fraction of sp³-hybridized carbons (Fsp3) is 0.333. The fourth-order valence-electron chi connectivity index (χ4n) is 2.69. The van der Waals surface area contributed by atoms with Gasteiger partial charge in [-0.15, -0.1) is 0 Å². The van der Waals surface area contributed by atoms with E-state index in [1.807, 2.05) is 25.1 Å². The molecular weight excluding hydrogens is 258 g/mol. The number of sulfonamides is 1. The Kier molecular flexibility index (Phi) is 2.97. The van der Waals surface area contributed by atoms with Gasteiger partial charge in [-0.05, 0) is 31.9 Å². The Balaban J connectivity index is 2.01. The van der Waals surface area contributed by atoms with E-state index in [2.05, 4.69) is 12.2 Å². The zero-order valence-corrected chi connectivity index (χ0v) is 11.7. The number of rotatable bonds is 2. The second-order valence-electron chi connectivity index (χ2n) is 5.09. The molecule has 1 aliphatic heterocycles. The van der Waals surface area contributed by atoms with Gasteiger partial charge in [-0.25, -0.2) is 8.42 Å². The summed E-state index contributed by atoms with van der Waals surface area (Å²) in [6, 6.07) is 7.06. The van der Waals surface area contributed by atoms with Crippen LogP contribution in [0.3, 0.4) is 0 Å². The summed E-state index contributed by atoms with van der Waals surface area (Å²) < 4.78 is 26.9. The molecule has 1 aromatic rings. The number of hydrogen-bond donors (Lipinski definition) is 0. The van der Waals surface area contributed by atoms with Crippen molar-refractivity contribution in [3.63, 3.8) is 0 Å².